The van der Waals surface area contributed by atoms with E-state index < -0.39 is 0 Å². The highest BCUT2D eigenvalue weighted by Gasteiger charge is 2.51. The van der Waals surface area contributed by atoms with Gasteiger partial charge in [0.1, 0.15) is 11.2 Å². The first-order valence-corrected chi connectivity index (χ1v) is 11.7. The number of hydrogen-bond acceptors (Lipinski definition) is 1. The van der Waals surface area contributed by atoms with Crippen molar-refractivity contribution in [2.75, 3.05) is 0 Å². The molecular weight excluding hydrogens is 364 g/mol. The van der Waals surface area contributed by atoms with Crippen LogP contribution in [0.1, 0.15) is 49.7 Å². The summed E-state index contributed by atoms with van der Waals surface area (Å²) in [6.45, 7) is 2.16. The van der Waals surface area contributed by atoms with Gasteiger partial charge in [0.05, 0.1) is 0 Å². The third kappa shape index (κ3) is 2.41. The molecule has 0 aliphatic heterocycles. The van der Waals surface area contributed by atoms with E-state index in [9.17, 15) is 0 Å². The number of aryl methyl sites for hydroxylation is 1. The molecule has 0 radical (unpaired) electrons. The van der Waals surface area contributed by atoms with Crippen molar-refractivity contribution in [3.05, 3.63) is 71.8 Å². The summed E-state index contributed by atoms with van der Waals surface area (Å²) in [5, 5.41) is 2.47. The molecule has 0 spiro atoms. The van der Waals surface area contributed by atoms with Gasteiger partial charge in [0.15, 0.2) is 0 Å². The number of furan rings is 1. The number of hydrogen-bond donors (Lipinski definition) is 0. The molecule has 4 aliphatic rings. The van der Waals surface area contributed by atoms with Crippen molar-refractivity contribution in [2.45, 2.75) is 50.9 Å². The van der Waals surface area contributed by atoms with Gasteiger partial charge in [-0.2, -0.15) is 0 Å². The molecule has 1 heterocycles. The molecule has 4 bridgehead atoms. The van der Waals surface area contributed by atoms with E-state index in [1.807, 2.05) is 0 Å². The monoisotopic (exact) mass is 392 g/mol. The fraction of sp³-hybridized carbons (Fsp3) is 0.379. The van der Waals surface area contributed by atoms with Crippen molar-refractivity contribution >= 4 is 21.9 Å². The van der Waals surface area contributed by atoms with Crippen LogP contribution in [0.3, 0.4) is 0 Å². The summed E-state index contributed by atoms with van der Waals surface area (Å²) in [5.74, 6) is 2.99. The molecule has 8 rings (SSSR count). The maximum atomic E-state index is 6.18. The summed E-state index contributed by atoms with van der Waals surface area (Å²) in [6.07, 6.45) is 8.82. The van der Waals surface area contributed by atoms with Crippen molar-refractivity contribution < 1.29 is 4.42 Å². The Kier molecular flexibility index (Phi) is 3.44. The SMILES string of the molecule is Cc1cccc2oc3cc(-c4ccc(C56CC7CC(CC(C7)C5)C6)cc4)ccc3c12. The second kappa shape index (κ2) is 6.00. The van der Waals surface area contributed by atoms with E-state index in [0.29, 0.717) is 5.41 Å². The molecular formula is C29H28O. The Labute approximate surface area is 178 Å². The van der Waals surface area contributed by atoms with Crippen LogP contribution in [0.5, 0.6) is 0 Å². The van der Waals surface area contributed by atoms with Gasteiger partial charge in [0.2, 0.25) is 0 Å². The normalized spacial score (nSPS) is 29.8. The zero-order valence-corrected chi connectivity index (χ0v) is 17.7. The Morgan fingerprint density at radius 3 is 2.10 bits per heavy atom. The average Bonchev–Trinajstić information content (AvgIpc) is 3.12. The maximum Gasteiger partial charge on any atom is 0.136 e. The van der Waals surface area contributed by atoms with Gasteiger partial charge in [-0.15, -0.1) is 0 Å². The Balaban J connectivity index is 1.26. The molecule has 0 amide bonds. The minimum atomic E-state index is 0.480. The molecule has 30 heavy (non-hydrogen) atoms. The Bertz CT molecular complexity index is 1240. The topological polar surface area (TPSA) is 13.1 Å². The van der Waals surface area contributed by atoms with Gasteiger partial charge >= 0.3 is 0 Å². The molecule has 1 heteroatoms. The fourth-order valence-corrected chi connectivity index (χ4v) is 7.66. The van der Waals surface area contributed by atoms with E-state index in [1.165, 1.54) is 66.0 Å². The van der Waals surface area contributed by atoms with Crippen LogP contribution in [0.4, 0.5) is 0 Å². The van der Waals surface area contributed by atoms with E-state index >= 15 is 0 Å². The van der Waals surface area contributed by atoms with Crippen LogP contribution in [0, 0.1) is 24.7 Å². The predicted octanol–water partition coefficient (Wildman–Crippen LogP) is 8.03. The Morgan fingerprint density at radius 2 is 1.40 bits per heavy atom. The third-order valence-corrected chi connectivity index (χ3v) is 8.57. The molecule has 0 atom stereocenters. The lowest BCUT2D eigenvalue weighted by atomic mass is 9.48. The smallest absolute Gasteiger partial charge is 0.136 e. The largest absolute Gasteiger partial charge is 0.456 e. The second-order valence-electron chi connectivity index (χ2n) is 10.5. The second-order valence-corrected chi connectivity index (χ2v) is 10.5. The lowest BCUT2D eigenvalue weighted by Crippen LogP contribution is -2.48. The van der Waals surface area contributed by atoms with Gasteiger partial charge in [-0.05, 0) is 109 Å². The molecule has 4 fully saturated rings. The lowest BCUT2D eigenvalue weighted by molar-refractivity contribution is -0.00518. The van der Waals surface area contributed by atoms with Crippen LogP contribution in [0.25, 0.3) is 33.1 Å². The number of fused-ring (bicyclic) bond motifs is 3. The van der Waals surface area contributed by atoms with E-state index in [4.69, 9.17) is 4.42 Å². The molecule has 1 aromatic heterocycles. The van der Waals surface area contributed by atoms with Gasteiger partial charge in [0, 0.05) is 10.8 Å². The van der Waals surface area contributed by atoms with Crippen LogP contribution in [-0.4, -0.2) is 0 Å². The first kappa shape index (κ1) is 17.2. The first-order chi connectivity index (χ1) is 14.7. The van der Waals surface area contributed by atoms with E-state index in [2.05, 4.69) is 67.6 Å². The molecule has 1 nitrogen and oxygen atoms in total. The number of benzene rings is 3. The predicted molar refractivity (Wildman–Crippen MR) is 124 cm³/mol. The summed E-state index contributed by atoms with van der Waals surface area (Å²) in [6, 6.07) is 22.6. The highest BCUT2D eigenvalue weighted by Crippen LogP contribution is 2.60. The van der Waals surface area contributed by atoms with Crippen molar-refractivity contribution in [3.63, 3.8) is 0 Å². The molecule has 0 unspecified atom stereocenters. The molecule has 150 valence electrons. The molecule has 4 saturated carbocycles. The van der Waals surface area contributed by atoms with Gasteiger partial charge in [0.25, 0.3) is 0 Å². The quantitative estimate of drug-likeness (QED) is 0.336. The zero-order chi connectivity index (χ0) is 19.9. The van der Waals surface area contributed by atoms with Crippen molar-refractivity contribution in [1.29, 1.82) is 0 Å². The average molecular weight is 393 g/mol. The maximum absolute atomic E-state index is 6.18. The van der Waals surface area contributed by atoms with Crippen molar-refractivity contribution in [2.24, 2.45) is 17.8 Å². The first-order valence-electron chi connectivity index (χ1n) is 11.7. The van der Waals surface area contributed by atoms with Crippen molar-refractivity contribution in [1.82, 2.24) is 0 Å². The van der Waals surface area contributed by atoms with Crippen LogP contribution in [0.15, 0.2) is 65.1 Å². The Morgan fingerprint density at radius 1 is 0.733 bits per heavy atom. The van der Waals surface area contributed by atoms with Gasteiger partial charge in [-0.3, -0.25) is 0 Å². The van der Waals surface area contributed by atoms with Gasteiger partial charge in [-0.25, -0.2) is 0 Å². The Hall–Kier alpha value is -2.54. The standard InChI is InChI=1S/C29H28O/c1-18-3-2-4-26-28(18)25-10-7-23(14-27(25)30-26)22-5-8-24(9-6-22)29-15-19-11-20(16-29)13-21(12-19)17-29/h2-10,14,19-21H,11-13,15-17H2,1H3. The summed E-state index contributed by atoms with van der Waals surface area (Å²) in [5.41, 5.74) is 7.87. The fourth-order valence-electron chi connectivity index (χ4n) is 7.66. The summed E-state index contributed by atoms with van der Waals surface area (Å²) in [7, 11) is 0. The summed E-state index contributed by atoms with van der Waals surface area (Å²) < 4.78 is 6.18. The van der Waals surface area contributed by atoms with Crippen LogP contribution in [-0.2, 0) is 5.41 Å². The highest BCUT2D eigenvalue weighted by atomic mass is 16.3. The highest BCUT2D eigenvalue weighted by molar-refractivity contribution is 6.07. The molecule has 0 saturated heterocycles. The van der Waals surface area contributed by atoms with E-state index in [-0.39, 0.29) is 0 Å². The minimum Gasteiger partial charge on any atom is -0.456 e. The summed E-state index contributed by atoms with van der Waals surface area (Å²) in [4.78, 5) is 0. The van der Waals surface area contributed by atoms with Crippen LogP contribution < -0.4 is 0 Å². The minimum absolute atomic E-state index is 0.480. The molecule has 4 aliphatic carbocycles. The van der Waals surface area contributed by atoms with Gasteiger partial charge in [-0.1, -0.05) is 42.5 Å². The van der Waals surface area contributed by atoms with Crippen LogP contribution >= 0.6 is 0 Å². The summed E-state index contributed by atoms with van der Waals surface area (Å²) >= 11 is 0. The van der Waals surface area contributed by atoms with Crippen molar-refractivity contribution in [3.8, 4) is 11.1 Å². The molecule has 3 aromatic carbocycles. The van der Waals surface area contributed by atoms with E-state index in [1.54, 1.807) is 5.56 Å². The lowest BCUT2D eigenvalue weighted by Gasteiger charge is -2.57. The zero-order valence-electron chi connectivity index (χ0n) is 17.7. The molecule has 0 N–H and O–H groups in total. The van der Waals surface area contributed by atoms with E-state index in [0.717, 1.165) is 28.9 Å². The van der Waals surface area contributed by atoms with Gasteiger partial charge < -0.3 is 4.42 Å². The number of rotatable bonds is 2. The molecule has 4 aromatic rings. The third-order valence-electron chi connectivity index (χ3n) is 8.57. The van der Waals surface area contributed by atoms with Crippen LogP contribution in [0.2, 0.25) is 0 Å².